The predicted octanol–water partition coefficient (Wildman–Crippen LogP) is 7.91. The molecule has 1 aliphatic heterocycles. The Morgan fingerprint density at radius 3 is 1.48 bits per heavy atom. The van der Waals surface area contributed by atoms with E-state index in [1.54, 1.807) is 4.90 Å². The molecule has 0 bridgehead atoms. The Bertz CT molecular complexity index is 799. The molecule has 1 rings (SSSR count). The van der Waals surface area contributed by atoms with E-state index >= 15 is 0 Å². The molecule has 1 saturated heterocycles. The fourth-order valence-corrected chi connectivity index (χ4v) is 6.33. The van der Waals surface area contributed by atoms with Crippen LogP contribution in [0.5, 0.6) is 0 Å². The minimum absolute atomic E-state index is 0.124. The van der Waals surface area contributed by atoms with Gasteiger partial charge in [0.1, 0.15) is 5.60 Å². The molecular weight excluding hydrogens is 602 g/mol. The third kappa shape index (κ3) is 22.7. The number of carbonyl (C=O) groups excluding carboxylic acids is 3. The zero-order valence-corrected chi connectivity index (χ0v) is 32.5. The van der Waals surface area contributed by atoms with Gasteiger partial charge in [0.25, 0.3) is 0 Å². The van der Waals surface area contributed by atoms with Crippen molar-refractivity contribution in [3.05, 3.63) is 0 Å². The molecule has 0 saturated carbocycles. The fraction of sp³-hybridized carbons (Fsp3) is 0.923. The van der Waals surface area contributed by atoms with Gasteiger partial charge in [0.2, 0.25) is 11.8 Å². The van der Waals surface area contributed by atoms with Crippen LogP contribution in [0.3, 0.4) is 0 Å². The van der Waals surface area contributed by atoms with Gasteiger partial charge in [-0.1, -0.05) is 105 Å². The zero-order valence-electron chi connectivity index (χ0n) is 32.5. The molecule has 1 fully saturated rings. The average molecular weight is 680 g/mol. The first-order valence-corrected chi connectivity index (χ1v) is 20.0. The van der Waals surface area contributed by atoms with E-state index in [0.29, 0.717) is 39.0 Å². The maximum Gasteiger partial charge on any atom is 0.410 e. The van der Waals surface area contributed by atoms with Gasteiger partial charge in [0.05, 0.1) is 0 Å². The van der Waals surface area contributed by atoms with Crippen molar-refractivity contribution >= 4 is 17.9 Å². The first-order chi connectivity index (χ1) is 23.0. The second kappa shape index (κ2) is 26.9. The highest BCUT2D eigenvalue weighted by Crippen LogP contribution is 2.14. The number of rotatable bonds is 27. The molecule has 9 heteroatoms. The number of ether oxygens (including phenoxy) is 1. The highest BCUT2D eigenvalue weighted by Gasteiger charge is 2.26. The molecular formula is C39H77N5O4. The van der Waals surface area contributed by atoms with E-state index in [2.05, 4.69) is 48.1 Å². The molecule has 9 nitrogen and oxygen atoms in total. The van der Waals surface area contributed by atoms with Crippen LogP contribution in [0.25, 0.3) is 0 Å². The summed E-state index contributed by atoms with van der Waals surface area (Å²) < 4.78 is 5.57. The molecule has 0 aromatic carbocycles. The summed E-state index contributed by atoms with van der Waals surface area (Å²) in [5.41, 5.74) is -0.497. The number of hydrogen-bond acceptors (Lipinski definition) is 6. The molecule has 2 unspecified atom stereocenters. The molecule has 0 aliphatic carbocycles. The van der Waals surface area contributed by atoms with Gasteiger partial charge in [-0.05, 0) is 46.5 Å². The van der Waals surface area contributed by atoms with E-state index in [-0.39, 0.29) is 30.0 Å². The van der Waals surface area contributed by atoms with Gasteiger partial charge in [-0.3, -0.25) is 14.5 Å². The average Bonchev–Trinajstić information content (AvgIpc) is 3.05. The standard InChI is InChI=1S/C39H77N5O4/c1-8-12-16-18-22-34(20-14-10-3)40-36(45)24-26-42(27-25-37(46)41-35(21-15-11-4)23-19-17-13-9-2)28-29-43-30-32-44(33-31-43)38(47)48-39(5,6)7/h34-35H,8-33H2,1-7H3,(H,40,45)(H,41,46). The van der Waals surface area contributed by atoms with E-state index < -0.39 is 5.60 Å². The van der Waals surface area contributed by atoms with Gasteiger partial charge >= 0.3 is 6.09 Å². The van der Waals surface area contributed by atoms with Crippen LogP contribution in [-0.2, 0) is 14.3 Å². The fourth-order valence-electron chi connectivity index (χ4n) is 6.33. The maximum absolute atomic E-state index is 13.2. The number of carbonyl (C=O) groups is 3. The van der Waals surface area contributed by atoms with Crippen LogP contribution in [0.1, 0.15) is 164 Å². The van der Waals surface area contributed by atoms with Crippen LogP contribution in [0, 0.1) is 0 Å². The van der Waals surface area contributed by atoms with E-state index in [1.165, 1.54) is 51.4 Å². The Morgan fingerprint density at radius 2 is 1.06 bits per heavy atom. The maximum atomic E-state index is 13.2. The quantitative estimate of drug-likeness (QED) is 0.0858. The van der Waals surface area contributed by atoms with Crippen LogP contribution < -0.4 is 10.6 Å². The number of nitrogens with one attached hydrogen (secondary N) is 2. The zero-order chi connectivity index (χ0) is 35.6. The van der Waals surface area contributed by atoms with Crippen molar-refractivity contribution in [1.82, 2.24) is 25.3 Å². The second-order valence-corrected chi connectivity index (χ2v) is 15.2. The van der Waals surface area contributed by atoms with Crippen LogP contribution in [0.15, 0.2) is 0 Å². The minimum atomic E-state index is -0.497. The lowest BCUT2D eigenvalue weighted by molar-refractivity contribution is -0.122. The molecule has 3 amide bonds. The topological polar surface area (TPSA) is 94.2 Å². The number of piperazine rings is 1. The van der Waals surface area contributed by atoms with E-state index in [0.717, 1.165) is 77.5 Å². The van der Waals surface area contributed by atoms with E-state index in [9.17, 15) is 14.4 Å². The molecule has 0 aromatic rings. The normalized spacial score (nSPS) is 15.4. The number of amides is 3. The van der Waals surface area contributed by atoms with Gasteiger partial charge < -0.3 is 25.2 Å². The van der Waals surface area contributed by atoms with Crippen LogP contribution >= 0.6 is 0 Å². The summed E-state index contributed by atoms with van der Waals surface area (Å²) in [4.78, 5) is 45.3. The Kier molecular flexibility index (Phi) is 24.8. The number of hydrogen-bond donors (Lipinski definition) is 2. The summed E-state index contributed by atoms with van der Waals surface area (Å²) in [6, 6.07) is 0.513. The molecule has 48 heavy (non-hydrogen) atoms. The van der Waals surface area contributed by atoms with Crippen molar-refractivity contribution in [2.24, 2.45) is 0 Å². The first-order valence-electron chi connectivity index (χ1n) is 20.0. The smallest absolute Gasteiger partial charge is 0.410 e. The van der Waals surface area contributed by atoms with Gasteiger partial charge in [0.15, 0.2) is 0 Å². The number of unbranched alkanes of at least 4 members (excludes halogenated alkanes) is 8. The molecule has 1 aliphatic rings. The van der Waals surface area contributed by atoms with Gasteiger partial charge in [-0.15, -0.1) is 0 Å². The molecule has 1 heterocycles. The second-order valence-electron chi connectivity index (χ2n) is 15.2. The van der Waals surface area contributed by atoms with Crippen molar-refractivity contribution in [2.45, 2.75) is 182 Å². The molecule has 0 spiro atoms. The van der Waals surface area contributed by atoms with Crippen LogP contribution in [0.2, 0.25) is 0 Å². The Hall–Kier alpha value is -1.87. The van der Waals surface area contributed by atoms with Crippen LogP contribution in [0.4, 0.5) is 4.79 Å². The van der Waals surface area contributed by atoms with Crippen LogP contribution in [-0.4, -0.2) is 103 Å². The van der Waals surface area contributed by atoms with Crippen molar-refractivity contribution in [3.8, 4) is 0 Å². The lowest BCUT2D eigenvalue weighted by Crippen LogP contribution is -2.51. The Morgan fingerprint density at radius 1 is 0.625 bits per heavy atom. The molecule has 0 radical (unpaired) electrons. The van der Waals surface area contributed by atoms with Gasteiger partial charge in [-0.2, -0.15) is 0 Å². The third-order valence-electron chi connectivity index (χ3n) is 9.42. The van der Waals surface area contributed by atoms with Crippen molar-refractivity contribution in [2.75, 3.05) is 52.4 Å². The lowest BCUT2D eigenvalue weighted by atomic mass is 10.0. The summed E-state index contributed by atoms with van der Waals surface area (Å²) in [5.74, 6) is 0.248. The monoisotopic (exact) mass is 680 g/mol. The lowest BCUT2D eigenvalue weighted by Gasteiger charge is -2.36. The Balaban J connectivity index is 2.75. The highest BCUT2D eigenvalue weighted by atomic mass is 16.6. The van der Waals surface area contributed by atoms with Crippen molar-refractivity contribution < 1.29 is 19.1 Å². The summed E-state index contributed by atoms with van der Waals surface area (Å²) >= 11 is 0. The SMILES string of the molecule is CCCCCCC(CCCC)NC(=O)CCN(CCC(=O)NC(CCCC)CCCCCC)CCN1CCN(C(=O)OC(C)(C)C)CC1. The highest BCUT2D eigenvalue weighted by molar-refractivity contribution is 5.77. The summed E-state index contributed by atoms with van der Waals surface area (Å²) in [6.07, 6.45) is 19.2. The molecule has 2 N–H and O–H groups in total. The third-order valence-corrected chi connectivity index (χ3v) is 9.42. The number of nitrogens with zero attached hydrogens (tertiary/aromatic N) is 3. The van der Waals surface area contributed by atoms with Gasteiger partial charge in [0, 0.05) is 77.3 Å². The molecule has 0 aromatic heterocycles. The summed E-state index contributed by atoms with van der Waals surface area (Å²) in [5, 5.41) is 6.71. The van der Waals surface area contributed by atoms with Crippen molar-refractivity contribution in [1.29, 1.82) is 0 Å². The minimum Gasteiger partial charge on any atom is -0.444 e. The molecule has 282 valence electrons. The first kappa shape index (κ1) is 44.2. The van der Waals surface area contributed by atoms with E-state index in [4.69, 9.17) is 4.74 Å². The summed E-state index contributed by atoms with van der Waals surface area (Å²) in [6.45, 7) is 20.4. The Labute approximate surface area is 296 Å². The molecule has 2 atom stereocenters. The summed E-state index contributed by atoms with van der Waals surface area (Å²) in [7, 11) is 0. The van der Waals surface area contributed by atoms with E-state index in [1.807, 2.05) is 20.8 Å². The van der Waals surface area contributed by atoms with Gasteiger partial charge in [-0.25, -0.2) is 4.79 Å². The predicted molar refractivity (Wildman–Crippen MR) is 200 cm³/mol. The largest absolute Gasteiger partial charge is 0.444 e. The van der Waals surface area contributed by atoms with Crippen molar-refractivity contribution in [3.63, 3.8) is 0 Å².